The van der Waals surface area contributed by atoms with Crippen molar-refractivity contribution in [2.75, 3.05) is 13.6 Å². The standard InChI is InChI=1S/C9H20N2O2S/c1-7(6-10)14(12,13)11(3)8(2)9-4-5-9/h7-9H,4-6,10H2,1-3H3. The minimum atomic E-state index is -3.18. The Labute approximate surface area is 86.5 Å². The fourth-order valence-electron chi connectivity index (χ4n) is 1.51. The van der Waals surface area contributed by atoms with E-state index in [1.807, 2.05) is 6.92 Å². The topological polar surface area (TPSA) is 63.4 Å². The predicted octanol–water partition coefficient (Wildman–Crippen LogP) is 0.394. The van der Waals surface area contributed by atoms with Crippen LogP contribution in [0.1, 0.15) is 26.7 Å². The zero-order chi connectivity index (χ0) is 10.9. The van der Waals surface area contributed by atoms with Crippen LogP contribution in [0.25, 0.3) is 0 Å². The van der Waals surface area contributed by atoms with Crippen molar-refractivity contribution in [2.45, 2.75) is 38.0 Å². The molecule has 2 unspecified atom stereocenters. The molecule has 0 saturated heterocycles. The molecule has 4 nitrogen and oxygen atoms in total. The molecule has 1 rings (SSSR count). The van der Waals surface area contributed by atoms with Crippen LogP contribution in [0.2, 0.25) is 0 Å². The van der Waals surface area contributed by atoms with Crippen molar-refractivity contribution < 1.29 is 8.42 Å². The molecule has 2 N–H and O–H groups in total. The number of rotatable bonds is 5. The Morgan fingerprint density at radius 2 is 1.93 bits per heavy atom. The van der Waals surface area contributed by atoms with Crippen LogP contribution in [0.3, 0.4) is 0 Å². The smallest absolute Gasteiger partial charge is 0.217 e. The van der Waals surface area contributed by atoms with E-state index in [2.05, 4.69) is 0 Å². The van der Waals surface area contributed by atoms with Gasteiger partial charge in [0, 0.05) is 19.6 Å². The first-order valence-electron chi connectivity index (χ1n) is 5.08. The lowest BCUT2D eigenvalue weighted by Gasteiger charge is -2.26. The summed E-state index contributed by atoms with van der Waals surface area (Å²) in [6, 6.07) is 0.119. The Bertz CT molecular complexity index is 285. The summed E-state index contributed by atoms with van der Waals surface area (Å²) in [7, 11) is -1.53. The van der Waals surface area contributed by atoms with Gasteiger partial charge in [-0.05, 0) is 32.6 Å². The maximum Gasteiger partial charge on any atom is 0.217 e. The van der Waals surface area contributed by atoms with Crippen molar-refractivity contribution in [3.8, 4) is 0 Å². The molecule has 0 radical (unpaired) electrons. The van der Waals surface area contributed by atoms with Crippen LogP contribution in [0, 0.1) is 5.92 Å². The van der Waals surface area contributed by atoms with Gasteiger partial charge in [0.2, 0.25) is 10.0 Å². The van der Waals surface area contributed by atoms with Crippen molar-refractivity contribution in [3.05, 3.63) is 0 Å². The lowest BCUT2D eigenvalue weighted by molar-refractivity contribution is 0.353. The molecule has 0 aromatic rings. The number of hydrogen-bond donors (Lipinski definition) is 1. The van der Waals surface area contributed by atoms with Gasteiger partial charge in [0.25, 0.3) is 0 Å². The highest BCUT2D eigenvalue weighted by molar-refractivity contribution is 7.89. The SMILES string of the molecule is CC(C1CC1)N(C)S(=O)(=O)C(C)CN. The molecule has 0 spiro atoms. The summed E-state index contributed by atoms with van der Waals surface area (Å²) in [5, 5.41) is -0.478. The zero-order valence-corrected chi connectivity index (χ0v) is 9.92. The van der Waals surface area contributed by atoms with E-state index in [4.69, 9.17) is 5.73 Å². The van der Waals surface area contributed by atoms with Gasteiger partial charge in [0.15, 0.2) is 0 Å². The Hall–Kier alpha value is -0.130. The van der Waals surface area contributed by atoms with E-state index in [1.54, 1.807) is 14.0 Å². The Morgan fingerprint density at radius 3 is 2.29 bits per heavy atom. The molecule has 0 aromatic carbocycles. The molecule has 14 heavy (non-hydrogen) atoms. The summed E-state index contributed by atoms with van der Waals surface area (Å²) in [5.41, 5.74) is 5.38. The van der Waals surface area contributed by atoms with E-state index in [0.29, 0.717) is 5.92 Å². The van der Waals surface area contributed by atoms with Gasteiger partial charge in [-0.25, -0.2) is 12.7 Å². The monoisotopic (exact) mass is 220 g/mol. The van der Waals surface area contributed by atoms with E-state index >= 15 is 0 Å². The van der Waals surface area contributed by atoms with Gasteiger partial charge in [-0.15, -0.1) is 0 Å². The highest BCUT2D eigenvalue weighted by Gasteiger charge is 2.36. The van der Waals surface area contributed by atoms with Crippen molar-refractivity contribution in [1.29, 1.82) is 0 Å². The van der Waals surface area contributed by atoms with Gasteiger partial charge < -0.3 is 5.73 Å². The molecular formula is C9H20N2O2S. The molecule has 1 fully saturated rings. The molecular weight excluding hydrogens is 200 g/mol. The molecule has 1 aliphatic rings. The first-order valence-corrected chi connectivity index (χ1v) is 6.58. The number of nitrogens with two attached hydrogens (primary N) is 1. The Kier molecular flexibility index (Phi) is 3.55. The van der Waals surface area contributed by atoms with E-state index in [0.717, 1.165) is 12.8 Å². The van der Waals surface area contributed by atoms with Crippen LogP contribution in [0.4, 0.5) is 0 Å². The van der Waals surface area contributed by atoms with Gasteiger partial charge in [0.05, 0.1) is 5.25 Å². The van der Waals surface area contributed by atoms with Gasteiger partial charge in [-0.1, -0.05) is 0 Å². The Morgan fingerprint density at radius 1 is 1.43 bits per heavy atom. The summed E-state index contributed by atoms with van der Waals surface area (Å²) in [6.07, 6.45) is 2.30. The molecule has 0 heterocycles. The predicted molar refractivity (Wildman–Crippen MR) is 57.4 cm³/mol. The molecule has 1 aliphatic carbocycles. The van der Waals surface area contributed by atoms with E-state index in [1.165, 1.54) is 4.31 Å². The first kappa shape index (κ1) is 11.9. The van der Waals surface area contributed by atoms with Gasteiger partial charge in [-0.3, -0.25) is 0 Å². The highest BCUT2D eigenvalue weighted by atomic mass is 32.2. The van der Waals surface area contributed by atoms with E-state index in [-0.39, 0.29) is 12.6 Å². The third-order valence-corrected chi connectivity index (χ3v) is 5.46. The van der Waals surface area contributed by atoms with E-state index in [9.17, 15) is 8.42 Å². The van der Waals surface area contributed by atoms with Crippen LogP contribution in [-0.4, -0.2) is 37.6 Å². The minimum Gasteiger partial charge on any atom is -0.329 e. The molecule has 5 heteroatoms. The van der Waals surface area contributed by atoms with Crippen LogP contribution in [-0.2, 0) is 10.0 Å². The van der Waals surface area contributed by atoms with E-state index < -0.39 is 15.3 Å². The number of sulfonamides is 1. The number of nitrogens with zero attached hydrogens (tertiary/aromatic N) is 1. The maximum absolute atomic E-state index is 11.9. The average molecular weight is 220 g/mol. The van der Waals surface area contributed by atoms with Crippen LogP contribution in [0.5, 0.6) is 0 Å². The second-order valence-electron chi connectivity index (χ2n) is 4.19. The van der Waals surface area contributed by atoms with Crippen molar-refractivity contribution in [1.82, 2.24) is 4.31 Å². The van der Waals surface area contributed by atoms with Crippen molar-refractivity contribution in [3.63, 3.8) is 0 Å². The second-order valence-corrected chi connectivity index (χ2v) is 6.60. The van der Waals surface area contributed by atoms with Gasteiger partial charge in [0.1, 0.15) is 0 Å². The molecule has 2 atom stereocenters. The fourth-order valence-corrected chi connectivity index (χ4v) is 2.96. The molecule has 84 valence electrons. The summed E-state index contributed by atoms with van der Waals surface area (Å²) >= 11 is 0. The van der Waals surface area contributed by atoms with Crippen LogP contribution in [0.15, 0.2) is 0 Å². The highest BCUT2D eigenvalue weighted by Crippen LogP contribution is 2.35. The van der Waals surface area contributed by atoms with Crippen LogP contribution < -0.4 is 5.73 Å². The van der Waals surface area contributed by atoms with Crippen molar-refractivity contribution in [2.24, 2.45) is 11.7 Å². The van der Waals surface area contributed by atoms with Crippen molar-refractivity contribution >= 4 is 10.0 Å². The number of hydrogen-bond acceptors (Lipinski definition) is 3. The molecule has 1 saturated carbocycles. The van der Waals surface area contributed by atoms with Gasteiger partial charge >= 0.3 is 0 Å². The molecule has 0 bridgehead atoms. The second kappa shape index (κ2) is 4.16. The lowest BCUT2D eigenvalue weighted by atomic mass is 10.2. The average Bonchev–Trinajstić information content (AvgIpc) is 2.97. The Balaban J connectivity index is 2.70. The first-order chi connectivity index (χ1) is 6.41. The largest absolute Gasteiger partial charge is 0.329 e. The third kappa shape index (κ3) is 2.27. The molecule has 0 aromatic heterocycles. The fraction of sp³-hybridized carbons (Fsp3) is 1.00. The molecule has 0 aliphatic heterocycles. The summed E-state index contributed by atoms with van der Waals surface area (Å²) < 4.78 is 25.3. The summed E-state index contributed by atoms with van der Waals surface area (Å²) in [4.78, 5) is 0. The maximum atomic E-state index is 11.9. The normalized spacial score (nSPS) is 22.4. The minimum absolute atomic E-state index is 0.119. The third-order valence-electron chi connectivity index (χ3n) is 3.12. The quantitative estimate of drug-likeness (QED) is 0.729. The van der Waals surface area contributed by atoms with Gasteiger partial charge in [-0.2, -0.15) is 0 Å². The summed E-state index contributed by atoms with van der Waals surface area (Å²) in [5.74, 6) is 0.555. The summed E-state index contributed by atoms with van der Waals surface area (Å²) in [6.45, 7) is 3.81. The molecule has 0 amide bonds. The lowest BCUT2D eigenvalue weighted by Crippen LogP contribution is -2.43. The van der Waals surface area contributed by atoms with Crippen LogP contribution >= 0.6 is 0 Å². The zero-order valence-electron chi connectivity index (χ0n) is 9.10.